The second-order valence-corrected chi connectivity index (χ2v) is 4.28. The van der Waals surface area contributed by atoms with Crippen LogP contribution >= 0.6 is 0 Å². The molecule has 1 aromatic heterocycles. The zero-order chi connectivity index (χ0) is 12.5. The molecule has 0 unspecified atom stereocenters. The standard InChI is InChI=1S/C10H19N5O/c1-5-15-8(7(11)6(2)14-15)13-10(3,4)9(12)16/h13H,5,11H2,1-4H3,(H2,12,16). The van der Waals surface area contributed by atoms with Crippen LogP contribution in [0.1, 0.15) is 26.5 Å². The van der Waals surface area contributed by atoms with Crippen molar-refractivity contribution in [3.05, 3.63) is 5.69 Å². The molecule has 90 valence electrons. The molecule has 0 fully saturated rings. The normalized spacial score (nSPS) is 11.5. The number of primary amides is 1. The van der Waals surface area contributed by atoms with E-state index in [1.54, 1.807) is 18.5 Å². The molecule has 16 heavy (non-hydrogen) atoms. The average molecular weight is 225 g/mol. The molecule has 0 atom stereocenters. The zero-order valence-corrected chi connectivity index (χ0v) is 10.2. The van der Waals surface area contributed by atoms with E-state index in [0.29, 0.717) is 18.1 Å². The molecule has 0 spiro atoms. The lowest BCUT2D eigenvalue weighted by atomic mass is 10.1. The summed E-state index contributed by atoms with van der Waals surface area (Å²) in [4.78, 5) is 11.2. The van der Waals surface area contributed by atoms with Gasteiger partial charge in [0.1, 0.15) is 11.4 Å². The van der Waals surface area contributed by atoms with Crippen molar-refractivity contribution in [2.45, 2.75) is 39.8 Å². The van der Waals surface area contributed by atoms with Gasteiger partial charge in [-0.25, -0.2) is 4.68 Å². The third-order valence-electron chi connectivity index (χ3n) is 2.52. The number of nitrogen functional groups attached to an aromatic ring is 1. The molecule has 6 heteroatoms. The molecule has 0 saturated heterocycles. The Balaban J connectivity index is 3.10. The third kappa shape index (κ3) is 2.10. The van der Waals surface area contributed by atoms with Crippen molar-refractivity contribution in [3.63, 3.8) is 0 Å². The Kier molecular flexibility index (Phi) is 3.11. The Morgan fingerprint density at radius 2 is 2.12 bits per heavy atom. The average Bonchev–Trinajstić information content (AvgIpc) is 2.45. The lowest BCUT2D eigenvalue weighted by Gasteiger charge is -2.24. The molecule has 0 radical (unpaired) electrons. The smallest absolute Gasteiger partial charge is 0.242 e. The molecule has 0 aromatic carbocycles. The van der Waals surface area contributed by atoms with Gasteiger partial charge in [0.15, 0.2) is 0 Å². The predicted molar refractivity (Wildman–Crippen MR) is 63.9 cm³/mol. The van der Waals surface area contributed by atoms with E-state index >= 15 is 0 Å². The first-order valence-electron chi connectivity index (χ1n) is 5.20. The quantitative estimate of drug-likeness (QED) is 0.693. The number of hydrogen-bond acceptors (Lipinski definition) is 4. The van der Waals surface area contributed by atoms with Crippen molar-refractivity contribution >= 4 is 17.4 Å². The maximum Gasteiger partial charge on any atom is 0.242 e. The second-order valence-electron chi connectivity index (χ2n) is 4.28. The number of anilines is 2. The summed E-state index contributed by atoms with van der Waals surface area (Å²) in [5.41, 5.74) is 11.6. The SMILES string of the molecule is CCn1nc(C)c(N)c1NC(C)(C)C(N)=O. The number of hydrogen-bond donors (Lipinski definition) is 3. The molecule has 0 aliphatic heterocycles. The van der Waals surface area contributed by atoms with Crippen molar-refractivity contribution < 1.29 is 4.79 Å². The maximum absolute atomic E-state index is 11.2. The molecule has 1 heterocycles. The van der Waals surface area contributed by atoms with Gasteiger partial charge in [-0.2, -0.15) is 5.10 Å². The maximum atomic E-state index is 11.2. The van der Waals surface area contributed by atoms with Crippen LogP contribution in [-0.4, -0.2) is 21.2 Å². The third-order valence-corrected chi connectivity index (χ3v) is 2.52. The first-order valence-corrected chi connectivity index (χ1v) is 5.20. The van der Waals surface area contributed by atoms with E-state index in [0.717, 1.165) is 5.69 Å². The summed E-state index contributed by atoms with van der Waals surface area (Å²) in [5.74, 6) is 0.206. The van der Waals surface area contributed by atoms with Crippen molar-refractivity contribution in [1.29, 1.82) is 0 Å². The number of nitrogens with one attached hydrogen (secondary N) is 1. The first kappa shape index (κ1) is 12.4. The summed E-state index contributed by atoms with van der Waals surface area (Å²) in [6.45, 7) is 7.86. The Labute approximate surface area is 95.0 Å². The van der Waals surface area contributed by atoms with Gasteiger partial charge < -0.3 is 16.8 Å². The molecule has 1 amide bonds. The van der Waals surface area contributed by atoms with Gasteiger partial charge in [0.25, 0.3) is 0 Å². The van der Waals surface area contributed by atoms with E-state index in [1.807, 2.05) is 13.8 Å². The largest absolute Gasteiger partial charge is 0.394 e. The number of aryl methyl sites for hydroxylation is 2. The molecule has 0 bridgehead atoms. The molecule has 1 aromatic rings. The summed E-state index contributed by atoms with van der Waals surface area (Å²) < 4.78 is 1.72. The zero-order valence-electron chi connectivity index (χ0n) is 10.2. The summed E-state index contributed by atoms with van der Waals surface area (Å²) in [7, 11) is 0. The fourth-order valence-electron chi connectivity index (χ4n) is 1.31. The fourth-order valence-corrected chi connectivity index (χ4v) is 1.31. The molecular formula is C10H19N5O. The minimum Gasteiger partial charge on any atom is -0.394 e. The van der Waals surface area contributed by atoms with Gasteiger partial charge in [0.2, 0.25) is 5.91 Å². The Bertz CT molecular complexity index is 408. The van der Waals surface area contributed by atoms with Crippen LogP contribution in [0, 0.1) is 6.92 Å². The Hall–Kier alpha value is -1.72. The second kappa shape index (κ2) is 4.03. The van der Waals surface area contributed by atoms with Gasteiger partial charge >= 0.3 is 0 Å². The first-order chi connectivity index (χ1) is 7.29. The lowest BCUT2D eigenvalue weighted by molar-refractivity contribution is -0.121. The number of nitrogens with zero attached hydrogens (tertiary/aromatic N) is 2. The van der Waals surface area contributed by atoms with Gasteiger partial charge in [0.05, 0.1) is 11.4 Å². The Morgan fingerprint density at radius 3 is 2.56 bits per heavy atom. The van der Waals surface area contributed by atoms with Crippen molar-refractivity contribution in [1.82, 2.24) is 9.78 Å². The van der Waals surface area contributed by atoms with Gasteiger partial charge in [0, 0.05) is 6.54 Å². The summed E-state index contributed by atoms with van der Waals surface area (Å²) >= 11 is 0. The number of carbonyl (C=O) groups is 1. The number of carbonyl (C=O) groups excluding carboxylic acids is 1. The molecule has 1 rings (SSSR count). The summed E-state index contributed by atoms with van der Waals surface area (Å²) in [6, 6.07) is 0. The fraction of sp³-hybridized carbons (Fsp3) is 0.600. The lowest BCUT2D eigenvalue weighted by Crippen LogP contribution is -2.45. The van der Waals surface area contributed by atoms with Crippen molar-refractivity contribution in [2.24, 2.45) is 5.73 Å². The number of amides is 1. The molecule has 0 saturated carbocycles. The summed E-state index contributed by atoms with van der Waals surface area (Å²) in [5, 5.41) is 7.28. The molecule has 0 aliphatic carbocycles. The molecule has 6 nitrogen and oxygen atoms in total. The van der Waals surface area contributed by atoms with Gasteiger partial charge in [-0.05, 0) is 27.7 Å². The van der Waals surface area contributed by atoms with Crippen LogP contribution in [0.3, 0.4) is 0 Å². The minimum atomic E-state index is -0.854. The highest BCUT2D eigenvalue weighted by molar-refractivity contribution is 5.87. The summed E-state index contributed by atoms with van der Waals surface area (Å²) in [6.07, 6.45) is 0. The van der Waals surface area contributed by atoms with E-state index < -0.39 is 11.4 Å². The molecule has 5 N–H and O–H groups in total. The Morgan fingerprint density at radius 1 is 1.56 bits per heavy atom. The van der Waals surface area contributed by atoms with Gasteiger partial charge in [-0.1, -0.05) is 0 Å². The van der Waals surface area contributed by atoms with Crippen LogP contribution < -0.4 is 16.8 Å². The topological polar surface area (TPSA) is 99.0 Å². The van der Waals surface area contributed by atoms with Gasteiger partial charge in [-0.3, -0.25) is 4.79 Å². The van der Waals surface area contributed by atoms with Crippen molar-refractivity contribution in [3.8, 4) is 0 Å². The monoisotopic (exact) mass is 225 g/mol. The highest BCUT2D eigenvalue weighted by atomic mass is 16.1. The van der Waals surface area contributed by atoms with E-state index in [9.17, 15) is 4.79 Å². The van der Waals surface area contributed by atoms with Crippen LogP contribution in [-0.2, 0) is 11.3 Å². The van der Waals surface area contributed by atoms with E-state index in [4.69, 9.17) is 11.5 Å². The molecular weight excluding hydrogens is 206 g/mol. The van der Waals surface area contributed by atoms with Gasteiger partial charge in [-0.15, -0.1) is 0 Å². The van der Waals surface area contributed by atoms with Crippen LogP contribution in [0.25, 0.3) is 0 Å². The number of nitrogens with two attached hydrogens (primary N) is 2. The molecule has 0 aliphatic rings. The van der Waals surface area contributed by atoms with Crippen LogP contribution in [0.4, 0.5) is 11.5 Å². The van der Waals surface area contributed by atoms with Crippen molar-refractivity contribution in [2.75, 3.05) is 11.1 Å². The van der Waals surface area contributed by atoms with Crippen LogP contribution in [0.15, 0.2) is 0 Å². The number of aromatic nitrogens is 2. The van der Waals surface area contributed by atoms with Crippen LogP contribution in [0.2, 0.25) is 0 Å². The van der Waals surface area contributed by atoms with E-state index in [1.165, 1.54) is 0 Å². The minimum absolute atomic E-state index is 0.437. The van der Waals surface area contributed by atoms with Crippen LogP contribution in [0.5, 0.6) is 0 Å². The van der Waals surface area contributed by atoms with E-state index in [2.05, 4.69) is 10.4 Å². The highest BCUT2D eigenvalue weighted by Gasteiger charge is 2.27. The van der Waals surface area contributed by atoms with E-state index in [-0.39, 0.29) is 0 Å². The highest BCUT2D eigenvalue weighted by Crippen LogP contribution is 2.25. The predicted octanol–water partition coefficient (Wildman–Crippen LogP) is 0.469. The number of rotatable bonds is 4.